The van der Waals surface area contributed by atoms with Crippen LogP contribution in [-0.4, -0.2) is 21.5 Å². The summed E-state index contributed by atoms with van der Waals surface area (Å²) in [5.41, 5.74) is 1.64. The molecule has 0 radical (unpaired) electrons. The summed E-state index contributed by atoms with van der Waals surface area (Å²) >= 11 is 0. The van der Waals surface area contributed by atoms with E-state index in [0.717, 1.165) is 43.0 Å². The van der Waals surface area contributed by atoms with Gasteiger partial charge >= 0.3 is 0 Å². The number of halogens is 1. The third kappa shape index (κ3) is 4.25. The number of rotatable bonds is 6. The molecule has 25 heavy (non-hydrogen) atoms. The zero-order valence-corrected chi connectivity index (χ0v) is 14.9. The number of benzene rings is 2. The number of hydrogen-bond donors (Lipinski definition) is 0. The Morgan fingerprint density at radius 3 is 2.12 bits per heavy atom. The second-order valence-corrected chi connectivity index (χ2v) is 7.26. The van der Waals surface area contributed by atoms with E-state index in [-0.39, 0.29) is 9.80 Å². The predicted octanol–water partition coefficient (Wildman–Crippen LogP) is 4.01. The van der Waals surface area contributed by atoms with Gasteiger partial charge in [0, 0.05) is 18.8 Å². The molecule has 0 aliphatic rings. The zero-order valence-electron chi connectivity index (χ0n) is 14.1. The van der Waals surface area contributed by atoms with Gasteiger partial charge in [-0.3, -0.25) is 0 Å². The van der Waals surface area contributed by atoms with Crippen molar-refractivity contribution in [3.05, 3.63) is 64.8 Å². The summed E-state index contributed by atoms with van der Waals surface area (Å²) in [5, 5.41) is 9.28. The third-order valence-electron chi connectivity index (χ3n) is 3.84. The fraction of sp³-hybridized carbons (Fsp3) is 0.211. The molecule has 0 saturated carbocycles. The van der Waals surface area contributed by atoms with E-state index in [0.29, 0.717) is 5.56 Å². The summed E-state index contributed by atoms with van der Waals surface area (Å²) in [6.07, 6.45) is 1.32. The van der Waals surface area contributed by atoms with Crippen LogP contribution in [0.3, 0.4) is 0 Å². The predicted molar refractivity (Wildman–Crippen MR) is 97.2 cm³/mol. The van der Waals surface area contributed by atoms with E-state index in [1.165, 1.54) is 6.08 Å². The molecule has 0 spiro atoms. The van der Waals surface area contributed by atoms with Crippen LogP contribution >= 0.6 is 0 Å². The van der Waals surface area contributed by atoms with Gasteiger partial charge in [0.15, 0.2) is 0 Å². The minimum absolute atomic E-state index is 0.110. The first-order valence-electron chi connectivity index (χ1n) is 7.89. The zero-order chi connectivity index (χ0) is 18.4. The Morgan fingerprint density at radius 2 is 1.64 bits per heavy atom. The van der Waals surface area contributed by atoms with Crippen molar-refractivity contribution in [2.24, 2.45) is 0 Å². The summed E-state index contributed by atoms with van der Waals surface area (Å²) < 4.78 is 38.0. The molecule has 0 amide bonds. The molecule has 130 valence electrons. The van der Waals surface area contributed by atoms with Gasteiger partial charge in [0.2, 0.25) is 9.84 Å². The molecule has 6 heteroatoms. The maximum Gasteiger partial charge on any atom is 0.216 e. The van der Waals surface area contributed by atoms with E-state index >= 15 is 0 Å². The molecule has 0 aromatic heterocycles. The van der Waals surface area contributed by atoms with E-state index in [1.807, 2.05) is 12.1 Å². The lowest BCUT2D eigenvalue weighted by Gasteiger charge is -2.20. The Bertz CT molecular complexity index is 892. The maximum absolute atomic E-state index is 13.0. The highest BCUT2D eigenvalue weighted by atomic mass is 32.2. The first kappa shape index (κ1) is 18.7. The molecule has 2 rings (SSSR count). The van der Waals surface area contributed by atoms with E-state index in [9.17, 15) is 18.1 Å². The summed E-state index contributed by atoms with van der Waals surface area (Å²) in [5.74, 6) is -0.534. The Balaban J connectivity index is 2.37. The van der Waals surface area contributed by atoms with Gasteiger partial charge < -0.3 is 4.90 Å². The van der Waals surface area contributed by atoms with E-state index < -0.39 is 15.7 Å². The SMILES string of the molecule is CCN(CC)c1ccc(/C=C(\C#N)S(=O)(=O)c2ccc(F)cc2)cc1. The van der Waals surface area contributed by atoms with Crippen molar-refractivity contribution in [3.8, 4) is 6.07 Å². The third-order valence-corrected chi connectivity index (χ3v) is 5.52. The van der Waals surface area contributed by atoms with Crippen molar-refractivity contribution in [1.82, 2.24) is 0 Å². The van der Waals surface area contributed by atoms with Gasteiger partial charge in [-0.25, -0.2) is 12.8 Å². The second-order valence-electron chi connectivity index (χ2n) is 5.34. The second kappa shape index (κ2) is 7.95. The summed E-state index contributed by atoms with van der Waals surface area (Å²) in [6.45, 7) is 5.85. The van der Waals surface area contributed by atoms with Gasteiger partial charge in [-0.05, 0) is 61.9 Å². The Morgan fingerprint density at radius 1 is 1.08 bits per heavy atom. The molecule has 2 aromatic rings. The van der Waals surface area contributed by atoms with E-state index in [2.05, 4.69) is 18.7 Å². The molecule has 0 bridgehead atoms. The molecule has 0 aliphatic carbocycles. The van der Waals surface area contributed by atoms with Gasteiger partial charge in [-0.1, -0.05) is 12.1 Å². The fourth-order valence-corrected chi connectivity index (χ4v) is 3.59. The lowest BCUT2D eigenvalue weighted by atomic mass is 10.2. The van der Waals surface area contributed by atoms with Crippen LogP contribution in [-0.2, 0) is 9.84 Å². The first-order chi connectivity index (χ1) is 11.9. The van der Waals surface area contributed by atoms with Crippen LogP contribution in [0.4, 0.5) is 10.1 Å². The standard InChI is InChI=1S/C19H19FN2O2S/c1-3-22(4-2)17-9-5-15(6-10-17)13-19(14-21)25(23,24)18-11-7-16(20)8-12-18/h5-13H,3-4H2,1-2H3/b19-13+. The largest absolute Gasteiger partial charge is 0.372 e. The van der Waals surface area contributed by atoms with Crippen LogP contribution < -0.4 is 4.90 Å². The molecule has 0 N–H and O–H groups in total. The summed E-state index contributed by atoms with van der Waals surface area (Å²) in [6, 6.07) is 13.5. The highest BCUT2D eigenvalue weighted by Crippen LogP contribution is 2.23. The molecule has 0 fully saturated rings. The Labute approximate surface area is 147 Å². The average molecular weight is 358 g/mol. The molecule has 0 heterocycles. The lowest BCUT2D eigenvalue weighted by molar-refractivity contribution is 0.601. The van der Waals surface area contributed by atoms with Crippen LogP contribution in [0.15, 0.2) is 58.3 Å². The van der Waals surface area contributed by atoms with Crippen LogP contribution in [0.5, 0.6) is 0 Å². The van der Waals surface area contributed by atoms with Gasteiger partial charge in [-0.15, -0.1) is 0 Å². The molecular formula is C19H19FN2O2S. The van der Waals surface area contributed by atoms with Gasteiger partial charge in [0.05, 0.1) is 4.90 Å². The number of allylic oxidation sites excluding steroid dienone is 1. The topological polar surface area (TPSA) is 61.2 Å². The van der Waals surface area contributed by atoms with Crippen molar-refractivity contribution >= 4 is 21.6 Å². The lowest BCUT2D eigenvalue weighted by Crippen LogP contribution is -2.21. The highest BCUT2D eigenvalue weighted by molar-refractivity contribution is 7.95. The monoisotopic (exact) mass is 358 g/mol. The average Bonchev–Trinajstić information content (AvgIpc) is 2.62. The van der Waals surface area contributed by atoms with Crippen molar-refractivity contribution in [2.45, 2.75) is 18.7 Å². The minimum Gasteiger partial charge on any atom is -0.372 e. The molecular weight excluding hydrogens is 339 g/mol. The van der Waals surface area contributed by atoms with Crippen molar-refractivity contribution in [3.63, 3.8) is 0 Å². The number of sulfone groups is 1. The van der Waals surface area contributed by atoms with E-state index in [4.69, 9.17) is 0 Å². The fourth-order valence-electron chi connectivity index (χ4n) is 2.43. The van der Waals surface area contributed by atoms with Crippen LogP contribution in [0.25, 0.3) is 6.08 Å². The van der Waals surface area contributed by atoms with Crippen molar-refractivity contribution < 1.29 is 12.8 Å². The normalized spacial score (nSPS) is 11.8. The van der Waals surface area contributed by atoms with E-state index in [1.54, 1.807) is 18.2 Å². The molecule has 0 saturated heterocycles. The summed E-state index contributed by atoms with van der Waals surface area (Å²) in [7, 11) is -3.98. The molecule has 0 atom stereocenters. The van der Waals surface area contributed by atoms with Gasteiger partial charge in [-0.2, -0.15) is 5.26 Å². The number of anilines is 1. The smallest absolute Gasteiger partial charge is 0.216 e. The number of hydrogen-bond acceptors (Lipinski definition) is 4. The molecule has 0 aliphatic heterocycles. The Kier molecular flexibility index (Phi) is 5.94. The van der Waals surface area contributed by atoms with Crippen LogP contribution in [0.2, 0.25) is 0 Å². The number of nitriles is 1. The first-order valence-corrected chi connectivity index (χ1v) is 9.38. The number of nitrogens with zero attached hydrogens (tertiary/aromatic N) is 2. The van der Waals surface area contributed by atoms with Crippen LogP contribution in [0, 0.1) is 17.1 Å². The minimum atomic E-state index is -3.98. The van der Waals surface area contributed by atoms with Crippen molar-refractivity contribution in [2.75, 3.05) is 18.0 Å². The Hall–Kier alpha value is -2.65. The van der Waals surface area contributed by atoms with Crippen LogP contribution in [0.1, 0.15) is 19.4 Å². The summed E-state index contributed by atoms with van der Waals surface area (Å²) in [4.78, 5) is 1.67. The van der Waals surface area contributed by atoms with Gasteiger partial charge in [0.1, 0.15) is 16.8 Å². The maximum atomic E-state index is 13.0. The molecule has 0 unspecified atom stereocenters. The van der Waals surface area contributed by atoms with Gasteiger partial charge in [0.25, 0.3) is 0 Å². The van der Waals surface area contributed by atoms with Crippen molar-refractivity contribution in [1.29, 1.82) is 5.26 Å². The highest BCUT2D eigenvalue weighted by Gasteiger charge is 2.20. The molecule has 4 nitrogen and oxygen atoms in total. The quantitative estimate of drug-likeness (QED) is 0.578. The molecule has 2 aromatic carbocycles.